The molecule has 0 radical (unpaired) electrons. The van der Waals surface area contributed by atoms with Crippen molar-refractivity contribution in [2.45, 2.75) is 44.1 Å². The fraction of sp³-hybridized carbons (Fsp3) is 0.500. The molecule has 0 atom stereocenters. The van der Waals surface area contributed by atoms with Crippen molar-refractivity contribution in [1.82, 2.24) is 14.5 Å². The summed E-state index contributed by atoms with van der Waals surface area (Å²) in [6.45, 7) is 6.99. The summed E-state index contributed by atoms with van der Waals surface area (Å²) in [5.41, 5.74) is 3.70. The van der Waals surface area contributed by atoms with Gasteiger partial charge in [0.25, 0.3) is 0 Å². The number of aromatic nitrogens is 2. The number of imidazole rings is 1. The zero-order chi connectivity index (χ0) is 20.9. The molecular formula is C26H33N3O2. The van der Waals surface area contributed by atoms with Crippen molar-refractivity contribution >= 4 is 11.0 Å². The standard InChI is InChI=1S/C26H33N3O2/c1-2-7-25-24(6-1)27-21-29(25)20-26(12-18-30-19-13-26)22-8-10-23(11-9-22)31-17-5-16-28-14-3-4-15-28/h1-2,6-11,21H,3-5,12-20H2. The highest BCUT2D eigenvalue weighted by Crippen LogP contribution is 2.38. The van der Waals surface area contributed by atoms with E-state index in [2.05, 4.69) is 56.9 Å². The molecule has 164 valence electrons. The predicted octanol–water partition coefficient (Wildman–Crippen LogP) is 4.65. The molecule has 5 nitrogen and oxygen atoms in total. The SMILES string of the molecule is c1ccc2c(c1)ncn2CC1(c2ccc(OCCCN3CCCC3)cc2)CCOCC1. The molecule has 3 heterocycles. The fourth-order valence-electron chi connectivity index (χ4n) is 5.15. The summed E-state index contributed by atoms with van der Waals surface area (Å²) >= 11 is 0. The van der Waals surface area contributed by atoms with Crippen LogP contribution in [-0.4, -0.2) is 53.9 Å². The molecule has 5 heteroatoms. The lowest BCUT2D eigenvalue weighted by Crippen LogP contribution is -2.37. The summed E-state index contributed by atoms with van der Waals surface area (Å²) in [4.78, 5) is 7.14. The van der Waals surface area contributed by atoms with Crippen LogP contribution >= 0.6 is 0 Å². The molecule has 2 aliphatic rings. The van der Waals surface area contributed by atoms with Crippen molar-refractivity contribution in [3.8, 4) is 5.75 Å². The Morgan fingerprint density at radius 1 is 0.968 bits per heavy atom. The first-order valence-corrected chi connectivity index (χ1v) is 11.8. The lowest BCUT2D eigenvalue weighted by Gasteiger charge is -2.38. The van der Waals surface area contributed by atoms with Crippen LogP contribution in [-0.2, 0) is 16.7 Å². The summed E-state index contributed by atoms with van der Waals surface area (Å²) in [5.74, 6) is 0.973. The van der Waals surface area contributed by atoms with Crippen molar-refractivity contribution < 1.29 is 9.47 Å². The first-order chi connectivity index (χ1) is 15.3. The third-order valence-electron chi connectivity index (χ3n) is 7.00. The van der Waals surface area contributed by atoms with E-state index in [4.69, 9.17) is 9.47 Å². The predicted molar refractivity (Wildman–Crippen MR) is 124 cm³/mol. The molecule has 2 aromatic carbocycles. The first kappa shape index (κ1) is 20.5. The van der Waals surface area contributed by atoms with Crippen LogP contribution in [0.3, 0.4) is 0 Å². The van der Waals surface area contributed by atoms with Crippen LogP contribution in [0.5, 0.6) is 5.75 Å². The van der Waals surface area contributed by atoms with Crippen LogP contribution in [0.2, 0.25) is 0 Å². The van der Waals surface area contributed by atoms with Crippen LogP contribution in [0.15, 0.2) is 54.9 Å². The van der Waals surface area contributed by atoms with Crippen molar-refractivity contribution in [1.29, 1.82) is 0 Å². The third kappa shape index (κ3) is 4.63. The second-order valence-corrected chi connectivity index (χ2v) is 9.03. The molecular weight excluding hydrogens is 386 g/mol. The van der Waals surface area contributed by atoms with Crippen LogP contribution in [0.4, 0.5) is 0 Å². The Hall–Kier alpha value is -2.37. The highest BCUT2D eigenvalue weighted by molar-refractivity contribution is 5.75. The van der Waals surface area contributed by atoms with Gasteiger partial charge in [0.05, 0.1) is 24.0 Å². The second kappa shape index (κ2) is 9.41. The summed E-state index contributed by atoms with van der Waals surface area (Å²) in [5, 5.41) is 0. The second-order valence-electron chi connectivity index (χ2n) is 9.03. The van der Waals surface area contributed by atoms with E-state index in [0.717, 1.165) is 63.4 Å². The Labute approximate surface area is 185 Å². The number of benzene rings is 2. The Balaban J connectivity index is 1.27. The summed E-state index contributed by atoms with van der Waals surface area (Å²) in [6, 6.07) is 17.2. The van der Waals surface area contributed by atoms with Gasteiger partial charge >= 0.3 is 0 Å². The van der Waals surface area contributed by atoms with E-state index < -0.39 is 0 Å². The van der Waals surface area contributed by atoms with E-state index in [1.165, 1.54) is 37.0 Å². The van der Waals surface area contributed by atoms with Gasteiger partial charge in [-0.2, -0.15) is 0 Å². The van der Waals surface area contributed by atoms with E-state index in [9.17, 15) is 0 Å². The summed E-state index contributed by atoms with van der Waals surface area (Å²) in [7, 11) is 0. The van der Waals surface area contributed by atoms with Gasteiger partial charge in [-0.1, -0.05) is 24.3 Å². The van der Waals surface area contributed by atoms with Gasteiger partial charge in [-0.05, 0) is 75.0 Å². The molecule has 2 saturated heterocycles. The number of hydrogen-bond acceptors (Lipinski definition) is 4. The number of ether oxygens (including phenoxy) is 2. The van der Waals surface area contributed by atoms with E-state index in [1.807, 2.05) is 12.4 Å². The molecule has 0 bridgehead atoms. The molecule has 0 saturated carbocycles. The molecule has 1 aromatic heterocycles. The number of hydrogen-bond donors (Lipinski definition) is 0. The lowest BCUT2D eigenvalue weighted by molar-refractivity contribution is 0.0438. The Morgan fingerprint density at radius 3 is 2.55 bits per heavy atom. The molecule has 2 fully saturated rings. The Morgan fingerprint density at radius 2 is 1.74 bits per heavy atom. The number of nitrogens with zero attached hydrogens (tertiary/aromatic N) is 3. The molecule has 0 N–H and O–H groups in total. The molecule has 0 unspecified atom stereocenters. The largest absolute Gasteiger partial charge is 0.494 e. The maximum absolute atomic E-state index is 6.04. The third-order valence-corrected chi connectivity index (χ3v) is 7.00. The van der Waals surface area contributed by atoms with Crippen LogP contribution in [0.25, 0.3) is 11.0 Å². The van der Waals surface area contributed by atoms with Gasteiger partial charge in [0.2, 0.25) is 0 Å². The summed E-state index contributed by atoms with van der Waals surface area (Å²) in [6.07, 6.45) is 7.83. The Bertz CT molecular complexity index is 970. The minimum Gasteiger partial charge on any atom is -0.494 e. The fourth-order valence-corrected chi connectivity index (χ4v) is 5.15. The average molecular weight is 420 g/mol. The molecule has 0 amide bonds. The zero-order valence-corrected chi connectivity index (χ0v) is 18.3. The number of rotatable bonds is 8. The zero-order valence-electron chi connectivity index (χ0n) is 18.3. The van der Waals surface area contributed by atoms with Crippen molar-refractivity contribution in [2.24, 2.45) is 0 Å². The molecule has 5 rings (SSSR count). The Kier molecular flexibility index (Phi) is 6.23. The average Bonchev–Trinajstić information content (AvgIpc) is 3.48. The van der Waals surface area contributed by atoms with Gasteiger partial charge in [-0.3, -0.25) is 0 Å². The van der Waals surface area contributed by atoms with Crippen LogP contribution < -0.4 is 4.74 Å². The maximum Gasteiger partial charge on any atom is 0.119 e. The molecule has 3 aromatic rings. The normalized spacial score (nSPS) is 19.1. The first-order valence-electron chi connectivity index (χ1n) is 11.8. The van der Waals surface area contributed by atoms with E-state index in [0.29, 0.717) is 0 Å². The smallest absolute Gasteiger partial charge is 0.119 e. The number of likely N-dealkylation sites (tertiary alicyclic amines) is 1. The highest BCUT2D eigenvalue weighted by atomic mass is 16.5. The van der Waals surface area contributed by atoms with Crippen molar-refractivity contribution in [3.05, 3.63) is 60.4 Å². The van der Waals surface area contributed by atoms with Crippen LogP contribution in [0, 0.1) is 0 Å². The van der Waals surface area contributed by atoms with Gasteiger partial charge in [0.1, 0.15) is 5.75 Å². The number of fused-ring (bicyclic) bond motifs is 1. The maximum atomic E-state index is 6.04. The van der Waals surface area contributed by atoms with E-state index in [-0.39, 0.29) is 5.41 Å². The molecule has 0 spiro atoms. The minimum absolute atomic E-state index is 0.0655. The van der Waals surface area contributed by atoms with Crippen molar-refractivity contribution in [2.75, 3.05) is 39.5 Å². The van der Waals surface area contributed by atoms with Gasteiger partial charge in [-0.15, -0.1) is 0 Å². The highest BCUT2D eigenvalue weighted by Gasteiger charge is 2.35. The molecule has 2 aliphatic heterocycles. The van der Waals surface area contributed by atoms with Crippen molar-refractivity contribution in [3.63, 3.8) is 0 Å². The monoisotopic (exact) mass is 419 g/mol. The quantitative estimate of drug-likeness (QED) is 0.498. The minimum atomic E-state index is 0.0655. The van der Waals surface area contributed by atoms with Gasteiger partial charge in [0, 0.05) is 31.7 Å². The molecule has 31 heavy (non-hydrogen) atoms. The van der Waals surface area contributed by atoms with Gasteiger partial charge in [-0.25, -0.2) is 4.98 Å². The summed E-state index contributed by atoms with van der Waals surface area (Å²) < 4.78 is 14.1. The topological polar surface area (TPSA) is 39.5 Å². The van der Waals surface area contributed by atoms with Gasteiger partial charge < -0.3 is 18.9 Å². The van der Waals surface area contributed by atoms with E-state index >= 15 is 0 Å². The van der Waals surface area contributed by atoms with E-state index in [1.54, 1.807) is 0 Å². The van der Waals surface area contributed by atoms with Gasteiger partial charge in [0.15, 0.2) is 0 Å². The molecule has 0 aliphatic carbocycles. The lowest BCUT2D eigenvalue weighted by atomic mass is 9.74. The number of para-hydroxylation sites is 2. The van der Waals surface area contributed by atoms with Crippen LogP contribution in [0.1, 0.15) is 37.7 Å².